The van der Waals surface area contributed by atoms with Gasteiger partial charge >= 0.3 is 11.8 Å². The second-order valence-electron chi connectivity index (χ2n) is 6.66. The fourth-order valence-corrected chi connectivity index (χ4v) is 2.86. The van der Waals surface area contributed by atoms with Gasteiger partial charge in [-0.1, -0.05) is 23.7 Å². The van der Waals surface area contributed by atoms with Gasteiger partial charge in [0, 0.05) is 10.7 Å². The van der Waals surface area contributed by atoms with Gasteiger partial charge in [-0.15, -0.1) is 0 Å². The quantitative estimate of drug-likeness (QED) is 0.278. The zero-order valence-electron chi connectivity index (χ0n) is 17.7. The summed E-state index contributed by atoms with van der Waals surface area (Å²) in [5.41, 5.74) is 3.77. The fourth-order valence-electron chi connectivity index (χ4n) is 2.73. The minimum Gasteiger partial charge on any atom is -0.494 e. The summed E-state index contributed by atoms with van der Waals surface area (Å²) in [6, 6.07) is 20.0. The van der Waals surface area contributed by atoms with Crippen LogP contribution in [0.4, 0.5) is 11.4 Å². The summed E-state index contributed by atoms with van der Waals surface area (Å²) in [6.45, 7) is 2.45. The van der Waals surface area contributed by atoms with E-state index in [0.29, 0.717) is 22.9 Å². The van der Waals surface area contributed by atoms with Crippen LogP contribution in [0.25, 0.3) is 0 Å². The number of nitrogens with zero attached hydrogens (tertiary/aromatic N) is 1. The molecular weight excluding hydrogens is 444 g/mol. The minimum atomic E-state index is -0.981. The first-order valence-corrected chi connectivity index (χ1v) is 10.4. The number of nitrogens with one attached hydrogen (secondary N) is 3. The monoisotopic (exact) mass is 464 g/mol. The Morgan fingerprint density at radius 1 is 0.909 bits per heavy atom. The Balaban J connectivity index is 1.59. The number of hydrogen-bond donors (Lipinski definition) is 3. The second kappa shape index (κ2) is 11.4. The molecule has 0 saturated heterocycles. The SMILES string of the molecule is CCOc1ccc(/C=N/NC(=O)C(=O)Nc2ccccc2C(=O)Nc2ccc(Cl)cc2)cc1. The van der Waals surface area contributed by atoms with Crippen LogP contribution in [-0.2, 0) is 9.59 Å². The minimum absolute atomic E-state index is 0.180. The second-order valence-corrected chi connectivity index (χ2v) is 7.10. The maximum atomic E-state index is 12.6. The van der Waals surface area contributed by atoms with Crippen LogP contribution < -0.4 is 20.8 Å². The molecule has 0 aliphatic heterocycles. The third-order valence-electron chi connectivity index (χ3n) is 4.30. The highest BCUT2D eigenvalue weighted by Crippen LogP contribution is 2.19. The lowest BCUT2D eigenvalue weighted by atomic mass is 10.1. The topological polar surface area (TPSA) is 109 Å². The van der Waals surface area contributed by atoms with Gasteiger partial charge in [-0.05, 0) is 73.2 Å². The molecule has 8 nitrogen and oxygen atoms in total. The van der Waals surface area contributed by atoms with Gasteiger partial charge in [-0.2, -0.15) is 5.10 Å². The summed E-state index contributed by atoms with van der Waals surface area (Å²) in [6.07, 6.45) is 1.40. The number of hydrazone groups is 1. The van der Waals surface area contributed by atoms with Crippen molar-refractivity contribution >= 4 is 46.9 Å². The molecule has 3 rings (SSSR count). The summed E-state index contributed by atoms with van der Waals surface area (Å²) in [4.78, 5) is 37.0. The number of ether oxygens (including phenoxy) is 1. The maximum absolute atomic E-state index is 12.6. The molecule has 3 N–H and O–H groups in total. The average Bonchev–Trinajstić information content (AvgIpc) is 2.82. The van der Waals surface area contributed by atoms with Crippen molar-refractivity contribution in [3.63, 3.8) is 0 Å². The summed E-state index contributed by atoms with van der Waals surface area (Å²) >= 11 is 5.85. The number of amides is 3. The molecule has 0 radical (unpaired) electrons. The molecule has 0 fully saturated rings. The molecule has 33 heavy (non-hydrogen) atoms. The van der Waals surface area contributed by atoms with Crippen LogP contribution in [0, 0.1) is 0 Å². The van der Waals surface area contributed by atoms with E-state index in [-0.39, 0.29) is 11.3 Å². The van der Waals surface area contributed by atoms with Gasteiger partial charge in [-0.25, -0.2) is 5.43 Å². The van der Waals surface area contributed by atoms with Crippen LogP contribution in [0.15, 0.2) is 77.9 Å². The molecule has 0 heterocycles. The van der Waals surface area contributed by atoms with Crippen LogP contribution in [0.5, 0.6) is 5.75 Å². The Bertz CT molecular complexity index is 1160. The van der Waals surface area contributed by atoms with Crippen LogP contribution >= 0.6 is 11.6 Å². The lowest BCUT2D eigenvalue weighted by Crippen LogP contribution is -2.33. The zero-order valence-corrected chi connectivity index (χ0v) is 18.4. The van der Waals surface area contributed by atoms with E-state index >= 15 is 0 Å². The highest BCUT2D eigenvalue weighted by molar-refractivity contribution is 6.40. The van der Waals surface area contributed by atoms with Crippen LogP contribution in [0.3, 0.4) is 0 Å². The molecule has 3 aromatic carbocycles. The predicted octanol–water partition coefficient (Wildman–Crippen LogP) is 4.08. The normalized spacial score (nSPS) is 10.5. The number of anilines is 2. The van der Waals surface area contributed by atoms with E-state index in [1.807, 2.05) is 6.92 Å². The van der Waals surface area contributed by atoms with Gasteiger partial charge in [0.05, 0.1) is 24.1 Å². The first-order chi connectivity index (χ1) is 16.0. The van der Waals surface area contributed by atoms with Crippen LogP contribution in [0.2, 0.25) is 5.02 Å². The predicted molar refractivity (Wildman–Crippen MR) is 128 cm³/mol. The molecule has 0 spiro atoms. The third-order valence-corrected chi connectivity index (χ3v) is 4.55. The van der Waals surface area contributed by atoms with Gasteiger partial charge in [-0.3, -0.25) is 14.4 Å². The number of para-hydroxylation sites is 1. The number of carbonyl (C=O) groups excluding carboxylic acids is 3. The van der Waals surface area contributed by atoms with Crippen molar-refractivity contribution in [2.24, 2.45) is 5.10 Å². The number of rotatable bonds is 7. The molecule has 0 aliphatic carbocycles. The first-order valence-electron chi connectivity index (χ1n) is 9.99. The van der Waals surface area contributed by atoms with Gasteiger partial charge in [0.15, 0.2) is 0 Å². The fraction of sp³-hybridized carbons (Fsp3) is 0.0833. The van der Waals surface area contributed by atoms with E-state index in [9.17, 15) is 14.4 Å². The molecule has 0 bridgehead atoms. The molecule has 0 unspecified atom stereocenters. The molecule has 3 amide bonds. The Hall–Kier alpha value is -4.17. The summed E-state index contributed by atoms with van der Waals surface area (Å²) in [5.74, 6) is -1.69. The first kappa shape index (κ1) is 23.5. The number of halogens is 1. The van der Waals surface area contributed by atoms with Crippen molar-refractivity contribution in [1.82, 2.24) is 5.43 Å². The number of carbonyl (C=O) groups is 3. The van der Waals surface area contributed by atoms with Gasteiger partial charge in [0.2, 0.25) is 0 Å². The van der Waals surface area contributed by atoms with Crippen LogP contribution in [-0.4, -0.2) is 30.5 Å². The van der Waals surface area contributed by atoms with E-state index in [2.05, 4.69) is 21.2 Å². The van der Waals surface area contributed by atoms with E-state index in [4.69, 9.17) is 16.3 Å². The van der Waals surface area contributed by atoms with E-state index in [0.717, 1.165) is 5.75 Å². The van der Waals surface area contributed by atoms with Gasteiger partial charge < -0.3 is 15.4 Å². The van der Waals surface area contributed by atoms with Crippen molar-refractivity contribution < 1.29 is 19.1 Å². The largest absolute Gasteiger partial charge is 0.494 e. The van der Waals surface area contributed by atoms with Crippen molar-refractivity contribution in [2.45, 2.75) is 6.92 Å². The molecule has 0 aromatic heterocycles. The Morgan fingerprint density at radius 3 is 2.30 bits per heavy atom. The van der Waals surface area contributed by atoms with Crippen molar-refractivity contribution in [3.05, 3.63) is 88.9 Å². The Kier molecular flexibility index (Phi) is 8.15. The highest BCUT2D eigenvalue weighted by atomic mass is 35.5. The molecule has 0 atom stereocenters. The lowest BCUT2D eigenvalue weighted by Gasteiger charge is -2.11. The zero-order chi connectivity index (χ0) is 23.6. The number of benzene rings is 3. The number of hydrogen-bond acceptors (Lipinski definition) is 5. The summed E-state index contributed by atoms with van der Waals surface area (Å²) in [7, 11) is 0. The third kappa shape index (κ3) is 6.91. The average molecular weight is 465 g/mol. The van der Waals surface area contributed by atoms with Gasteiger partial charge in [0.1, 0.15) is 5.75 Å². The van der Waals surface area contributed by atoms with Crippen molar-refractivity contribution in [2.75, 3.05) is 17.2 Å². The highest BCUT2D eigenvalue weighted by Gasteiger charge is 2.17. The lowest BCUT2D eigenvalue weighted by molar-refractivity contribution is -0.136. The molecular formula is C24H21ClN4O4. The molecule has 0 saturated carbocycles. The summed E-state index contributed by atoms with van der Waals surface area (Å²) in [5, 5.41) is 9.47. The van der Waals surface area contributed by atoms with Crippen molar-refractivity contribution in [3.8, 4) is 5.75 Å². The summed E-state index contributed by atoms with van der Waals surface area (Å²) < 4.78 is 5.35. The van der Waals surface area contributed by atoms with Crippen molar-refractivity contribution in [1.29, 1.82) is 0 Å². The smallest absolute Gasteiger partial charge is 0.329 e. The Labute approximate surface area is 195 Å². The van der Waals surface area contributed by atoms with E-state index in [1.165, 1.54) is 18.3 Å². The molecule has 3 aromatic rings. The van der Waals surface area contributed by atoms with Crippen LogP contribution in [0.1, 0.15) is 22.8 Å². The van der Waals surface area contributed by atoms with E-state index < -0.39 is 17.7 Å². The van der Waals surface area contributed by atoms with Gasteiger partial charge in [0.25, 0.3) is 5.91 Å². The molecule has 168 valence electrons. The molecule has 0 aliphatic rings. The molecule has 9 heteroatoms. The van der Waals surface area contributed by atoms with E-state index in [1.54, 1.807) is 60.7 Å². The Morgan fingerprint density at radius 2 is 1.61 bits per heavy atom. The standard InChI is InChI=1S/C24H21ClN4O4/c1-2-33-19-13-7-16(8-14-19)15-26-29-24(32)23(31)28-21-6-4-3-5-20(21)22(30)27-18-11-9-17(25)10-12-18/h3-15H,2H2,1H3,(H,27,30)(H,28,31)(H,29,32)/b26-15+. The maximum Gasteiger partial charge on any atom is 0.329 e.